The summed E-state index contributed by atoms with van der Waals surface area (Å²) in [5.41, 5.74) is 1.42. The number of ether oxygens (including phenoxy) is 1. The maximum atomic E-state index is 11.0. The Morgan fingerprint density at radius 1 is 1.41 bits per heavy atom. The molecule has 7 nitrogen and oxygen atoms in total. The maximum absolute atomic E-state index is 11.0. The second-order valence-electron chi connectivity index (χ2n) is 4.75. The van der Waals surface area contributed by atoms with Crippen LogP contribution in [0.1, 0.15) is 23.1 Å². The number of rotatable bonds is 7. The molecule has 0 saturated heterocycles. The fourth-order valence-electron chi connectivity index (χ4n) is 2.10. The first-order valence-electron chi connectivity index (χ1n) is 6.81. The minimum Gasteiger partial charge on any atom is -0.497 e. The molecule has 0 fully saturated rings. The number of methoxy groups -OCH3 is 1. The number of amides is 1. The van der Waals surface area contributed by atoms with Crippen molar-refractivity contribution >= 4 is 6.09 Å². The van der Waals surface area contributed by atoms with E-state index >= 15 is 0 Å². The monoisotopic (exact) mass is 306 g/mol. The van der Waals surface area contributed by atoms with Crippen LogP contribution in [-0.2, 0) is 12.8 Å². The number of aromatic nitrogens is 1. The molecule has 1 amide bonds. The minimum atomic E-state index is -1.13. The van der Waals surface area contributed by atoms with Crippen LogP contribution in [0.5, 0.6) is 5.75 Å². The summed E-state index contributed by atoms with van der Waals surface area (Å²) in [6, 6.07) is 8.48. The molecule has 1 atom stereocenters. The van der Waals surface area contributed by atoms with Gasteiger partial charge in [-0.05, 0) is 24.1 Å². The summed E-state index contributed by atoms with van der Waals surface area (Å²) in [4.78, 5) is 11.0. The molecule has 0 radical (unpaired) electrons. The highest BCUT2D eigenvalue weighted by molar-refractivity contribution is 5.65. The molecule has 0 saturated carbocycles. The van der Waals surface area contributed by atoms with Crippen LogP contribution in [0.3, 0.4) is 0 Å². The fourth-order valence-corrected chi connectivity index (χ4v) is 2.10. The largest absolute Gasteiger partial charge is 0.497 e. The van der Waals surface area contributed by atoms with E-state index in [2.05, 4.69) is 10.5 Å². The standard InChI is InChI=1S/C15H18N2O5/c1-21-11-4-2-10(3-5-11)8-13(16-15(19)20)14-9-12(6-7-18)22-17-14/h2-5,9,13,16,18H,6-8H2,1H3,(H,19,20)/t13-/m0/s1. The lowest BCUT2D eigenvalue weighted by molar-refractivity contribution is 0.189. The normalized spacial score (nSPS) is 11.9. The first-order chi connectivity index (χ1) is 10.6. The second kappa shape index (κ2) is 7.46. The van der Waals surface area contributed by atoms with Crippen molar-refractivity contribution < 1.29 is 24.3 Å². The molecule has 0 aliphatic rings. The zero-order valence-electron chi connectivity index (χ0n) is 12.2. The lowest BCUT2D eigenvalue weighted by Gasteiger charge is -2.14. The average Bonchev–Trinajstić information content (AvgIpc) is 2.96. The van der Waals surface area contributed by atoms with E-state index in [9.17, 15) is 4.79 Å². The first kappa shape index (κ1) is 15.8. The van der Waals surface area contributed by atoms with Gasteiger partial charge in [-0.25, -0.2) is 4.79 Å². The van der Waals surface area contributed by atoms with Crippen LogP contribution in [0, 0.1) is 0 Å². The van der Waals surface area contributed by atoms with E-state index < -0.39 is 12.1 Å². The Bertz CT molecular complexity index is 609. The second-order valence-corrected chi connectivity index (χ2v) is 4.75. The van der Waals surface area contributed by atoms with Crippen molar-refractivity contribution in [3.8, 4) is 5.75 Å². The van der Waals surface area contributed by atoms with E-state index in [1.54, 1.807) is 13.2 Å². The van der Waals surface area contributed by atoms with Crippen molar-refractivity contribution in [2.24, 2.45) is 0 Å². The highest BCUT2D eigenvalue weighted by Crippen LogP contribution is 2.20. The Hall–Kier alpha value is -2.54. The highest BCUT2D eigenvalue weighted by Gasteiger charge is 2.19. The number of aliphatic hydroxyl groups excluding tert-OH is 1. The summed E-state index contributed by atoms with van der Waals surface area (Å²) >= 11 is 0. The summed E-state index contributed by atoms with van der Waals surface area (Å²) in [7, 11) is 1.59. The summed E-state index contributed by atoms with van der Waals surface area (Å²) < 4.78 is 10.2. The van der Waals surface area contributed by atoms with E-state index in [0.29, 0.717) is 24.3 Å². The predicted octanol–water partition coefficient (Wildman–Crippen LogP) is 1.77. The molecule has 0 spiro atoms. The molecule has 0 aliphatic heterocycles. The van der Waals surface area contributed by atoms with Gasteiger partial charge < -0.3 is 24.8 Å². The van der Waals surface area contributed by atoms with Crippen LogP contribution in [0.15, 0.2) is 34.9 Å². The lowest BCUT2D eigenvalue weighted by atomic mass is 10.0. The fraction of sp³-hybridized carbons (Fsp3) is 0.333. The van der Waals surface area contributed by atoms with Crippen molar-refractivity contribution in [2.45, 2.75) is 18.9 Å². The van der Waals surface area contributed by atoms with Gasteiger partial charge in [-0.3, -0.25) is 0 Å². The number of aliphatic hydroxyl groups is 1. The highest BCUT2D eigenvalue weighted by atomic mass is 16.5. The quantitative estimate of drug-likeness (QED) is 0.720. The van der Waals surface area contributed by atoms with Crippen molar-refractivity contribution in [2.75, 3.05) is 13.7 Å². The van der Waals surface area contributed by atoms with E-state index in [1.165, 1.54) is 0 Å². The number of nitrogens with one attached hydrogen (secondary N) is 1. The smallest absolute Gasteiger partial charge is 0.405 e. The molecule has 0 unspecified atom stereocenters. The molecule has 118 valence electrons. The van der Waals surface area contributed by atoms with Crippen LogP contribution in [0.4, 0.5) is 4.79 Å². The molecule has 2 rings (SSSR count). The molecular formula is C15H18N2O5. The Morgan fingerprint density at radius 3 is 2.73 bits per heavy atom. The summed E-state index contributed by atoms with van der Waals surface area (Å²) in [5, 5.41) is 24.2. The maximum Gasteiger partial charge on any atom is 0.405 e. The number of carbonyl (C=O) groups is 1. The third-order valence-corrected chi connectivity index (χ3v) is 3.19. The van der Waals surface area contributed by atoms with Gasteiger partial charge in [0.05, 0.1) is 19.8 Å². The molecule has 2 aromatic rings. The van der Waals surface area contributed by atoms with Gasteiger partial charge in [-0.2, -0.15) is 0 Å². The van der Waals surface area contributed by atoms with Gasteiger partial charge in [0.15, 0.2) is 0 Å². The van der Waals surface area contributed by atoms with E-state index in [0.717, 1.165) is 11.3 Å². The van der Waals surface area contributed by atoms with Gasteiger partial charge >= 0.3 is 6.09 Å². The third kappa shape index (κ3) is 4.23. The van der Waals surface area contributed by atoms with Crippen LogP contribution in [0.2, 0.25) is 0 Å². The number of hydrogen-bond acceptors (Lipinski definition) is 5. The molecular weight excluding hydrogens is 288 g/mol. The lowest BCUT2D eigenvalue weighted by Crippen LogP contribution is -2.28. The summed E-state index contributed by atoms with van der Waals surface area (Å²) in [6.45, 7) is -0.0514. The average molecular weight is 306 g/mol. The first-order valence-corrected chi connectivity index (χ1v) is 6.81. The van der Waals surface area contributed by atoms with Crippen molar-refractivity contribution in [3.63, 3.8) is 0 Å². The molecule has 7 heteroatoms. The van der Waals surface area contributed by atoms with Crippen LogP contribution in [0.25, 0.3) is 0 Å². The Balaban J connectivity index is 2.15. The van der Waals surface area contributed by atoms with Crippen LogP contribution in [-0.4, -0.2) is 35.2 Å². The molecule has 1 aromatic carbocycles. The predicted molar refractivity (Wildman–Crippen MR) is 77.9 cm³/mol. The number of hydrogen-bond donors (Lipinski definition) is 3. The number of carboxylic acid groups (broad SMARTS) is 1. The summed E-state index contributed by atoms with van der Waals surface area (Å²) in [6.07, 6.45) is -0.360. The van der Waals surface area contributed by atoms with Gasteiger partial charge in [0.1, 0.15) is 17.2 Å². The third-order valence-electron chi connectivity index (χ3n) is 3.19. The Labute approximate surface area is 127 Å². The summed E-state index contributed by atoms with van der Waals surface area (Å²) in [5.74, 6) is 1.25. The number of benzene rings is 1. The zero-order valence-corrected chi connectivity index (χ0v) is 12.2. The molecule has 3 N–H and O–H groups in total. The Morgan fingerprint density at radius 2 is 2.14 bits per heavy atom. The van der Waals surface area contributed by atoms with Crippen molar-refractivity contribution in [1.29, 1.82) is 0 Å². The van der Waals surface area contributed by atoms with E-state index in [4.69, 9.17) is 19.5 Å². The molecule has 0 bridgehead atoms. The topological polar surface area (TPSA) is 105 Å². The minimum absolute atomic E-state index is 0.0514. The Kier molecular flexibility index (Phi) is 5.37. The van der Waals surface area contributed by atoms with Gasteiger partial charge in [0, 0.05) is 12.5 Å². The zero-order chi connectivity index (χ0) is 15.9. The SMILES string of the molecule is COc1ccc(C[C@H](NC(=O)O)c2cc(CCO)on2)cc1. The molecule has 1 aromatic heterocycles. The number of nitrogens with zero attached hydrogens (tertiary/aromatic N) is 1. The van der Waals surface area contributed by atoms with E-state index in [-0.39, 0.29) is 6.61 Å². The molecule has 0 aliphatic carbocycles. The van der Waals surface area contributed by atoms with Crippen LogP contribution >= 0.6 is 0 Å². The van der Waals surface area contributed by atoms with Crippen molar-refractivity contribution in [3.05, 3.63) is 47.3 Å². The molecule has 22 heavy (non-hydrogen) atoms. The van der Waals surface area contributed by atoms with Gasteiger partial charge in [0.2, 0.25) is 0 Å². The van der Waals surface area contributed by atoms with Crippen LogP contribution < -0.4 is 10.1 Å². The van der Waals surface area contributed by atoms with Gasteiger partial charge in [-0.15, -0.1) is 0 Å². The van der Waals surface area contributed by atoms with Gasteiger partial charge in [-0.1, -0.05) is 17.3 Å². The van der Waals surface area contributed by atoms with Gasteiger partial charge in [0.25, 0.3) is 0 Å². The molecule has 1 heterocycles. The van der Waals surface area contributed by atoms with E-state index in [1.807, 2.05) is 24.3 Å². The van der Waals surface area contributed by atoms with Crippen molar-refractivity contribution in [1.82, 2.24) is 10.5 Å².